The van der Waals surface area contributed by atoms with Crippen LogP contribution in [0.1, 0.15) is 15.9 Å². The number of rotatable bonds is 5. The summed E-state index contributed by atoms with van der Waals surface area (Å²) in [5.41, 5.74) is 2.10. The Morgan fingerprint density at radius 1 is 0.889 bits per heavy atom. The molecule has 0 heterocycles. The monoisotopic (exact) mass is 381 g/mol. The first kappa shape index (κ1) is 18.7. The van der Waals surface area contributed by atoms with E-state index in [0.717, 1.165) is 17.6 Å². The Kier molecular flexibility index (Phi) is 5.28. The molecular weight excluding hydrogens is 362 g/mol. The summed E-state index contributed by atoms with van der Waals surface area (Å²) >= 11 is 0. The van der Waals surface area contributed by atoms with Crippen molar-refractivity contribution in [1.29, 1.82) is 0 Å². The molecule has 0 saturated carbocycles. The molecule has 0 aliphatic carbocycles. The molecule has 0 aromatic heterocycles. The van der Waals surface area contributed by atoms with E-state index in [1.54, 1.807) is 24.3 Å². The molecule has 1 N–H and O–H groups in total. The third-order valence-electron chi connectivity index (χ3n) is 3.88. The van der Waals surface area contributed by atoms with E-state index in [1.165, 1.54) is 24.3 Å². The average molecular weight is 381 g/mol. The molecule has 1 amide bonds. The van der Waals surface area contributed by atoms with Crippen LogP contribution in [0.4, 0.5) is 5.69 Å². The molecule has 0 aliphatic rings. The van der Waals surface area contributed by atoms with Crippen molar-refractivity contribution < 1.29 is 17.9 Å². The summed E-state index contributed by atoms with van der Waals surface area (Å²) in [6, 6.07) is 20.6. The summed E-state index contributed by atoms with van der Waals surface area (Å²) in [4.78, 5) is 12.5. The highest BCUT2D eigenvalue weighted by molar-refractivity contribution is 7.90. The van der Waals surface area contributed by atoms with Crippen LogP contribution >= 0.6 is 0 Å². The highest BCUT2D eigenvalue weighted by Gasteiger charge is 2.10. The second kappa shape index (κ2) is 7.63. The maximum absolute atomic E-state index is 12.3. The van der Waals surface area contributed by atoms with Crippen LogP contribution in [0.5, 0.6) is 11.5 Å². The molecule has 0 radical (unpaired) electrons. The SMILES string of the molecule is Cc1cccc(Oc2ccc(NC(=O)c3ccc(S(C)(=O)=O)cc3)cc2)c1. The first-order valence-electron chi connectivity index (χ1n) is 8.27. The van der Waals surface area contributed by atoms with Crippen LogP contribution in [0.25, 0.3) is 0 Å². The number of anilines is 1. The summed E-state index contributed by atoms with van der Waals surface area (Å²) in [6.45, 7) is 1.99. The lowest BCUT2D eigenvalue weighted by Crippen LogP contribution is -2.12. The predicted octanol–water partition coefficient (Wildman–Crippen LogP) is 4.44. The minimum Gasteiger partial charge on any atom is -0.457 e. The molecule has 138 valence electrons. The maximum Gasteiger partial charge on any atom is 0.255 e. The Morgan fingerprint density at radius 2 is 1.56 bits per heavy atom. The van der Waals surface area contributed by atoms with Gasteiger partial charge in [-0.2, -0.15) is 0 Å². The molecule has 0 fully saturated rings. The van der Waals surface area contributed by atoms with E-state index in [4.69, 9.17) is 4.74 Å². The van der Waals surface area contributed by atoms with E-state index >= 15 is 0 Å². The number of aryl methyl sites for hydroxylation is 1. The Labute approximate surface area is 158 Å². The number of hydrogen-bond donors (Lipinski definition) is 1. The molecule has 0 aliphatic heterocycles. The molecule has 3 aromatic rings. The summed E-state index contributed by atoms with van der Waals surface area (Å²) in [5.74, 6) is 1.09. The van der Waals surface area contributed by atoms with Crippen LogP contribution in [0.3, 0.4) is 0 Å². The predicted molar refractivity (Wildman–Crippen MR) is 105 cm³/mol. The van der Waals surface area contributed by atoms with Gasteiger partial charge in [0.1, 0.15) is 11.5 Å². The average Bonchev–Trinajstić information content (AvgIpc) is 2.63. The van der Waals surface area contributed by atoms with Gasteiger partial charge < -0.3 is 10.1 Å². The van der Waals surface area contributed by atoms with Gasteiger partial charge in [0.15, 0.2) is 9.84 Å². The van der Waals surface area contributed by atoms with Gasteiger partial charge in [-0.25, -0.2) is 8.42 Å². The van der Waals surface area contributed by atoms with Crippen LogP contribution in [0, 0.1) is 6.92 Å². The maximum atomic E-state index is 12.3. The van der Waals surface area contributed by atoms with Gasteiger partial charge in [-0.1, -0.05) is 12.1 Å². The van der Waals surface area contributed by atoms with Crippen molar-refractivity contribution in [3.8, 4) is 11.5 Å². The van der Waals surface area contributed by atoms with E-state index in [1.807, 2.05) is 31.2 Å². The number of carbonyl (C=O) groups is 1. The second-order valence-electron chi connectivity index (χ2n) is 6.19. The lowest BCUT2D eigenvalue weighted by Gasteiger charge is -2.09. The largest absolute Gasteiger partial charge is 0.457 e. The van der Waals surface area contributed by atoms with Gasteiger partial charge in [-0.15, -0.1) is 0 Å². The van der Waals surface area contributed by atoms with Gasteiger partial charge in [-0.3, -0.25) is 4.79 Å². The molecule has 0 unspecified atom stereocenters. The van der Waals surface area contributed by atoms with Crippen LogP contribution < -0.4 is 10.1 Å². The van der Waals surface area contributed by atoms with Crippen molar-refractivity contribution in [3.05, 3.63) is 83.9 Å². The molecule has 3 rings (SSSR count). The Hall–Kier alpha value is -3.12. The van der Waals surface area contributed by atoms with Crippen molar-refractivity contribution >= 4 is 21.4 Å². The lowest BCUT2D eigenvalue weighted by atomic mass is 10.2. The zero-order valence-electron chi connectivity index (χ0n) is 15.0. The van der Waals surface area contributed by atoms with Crippen LogP contribution in [0.2, 0.25) is 0 Å². The van der Waals surface area contributed by atoms with Gasteiger partial charge in [0.05, 0.1) is 4.90 Å². The smallest absolute Gasteiger partial charge is 0.255 e. The van der Waals surface area contributed by atoms with Crippen molar-refractivity contribution in [3.63, 3.8) is 0 Å². The molecule has 5 nitrogen and oxygen atoms in total. The molecule has 6 heteroatoms. The Balaban J connectivity index is 1.66. The zero-order valence-corrected chi connectivity index (χ0v) is 15.8. The molecule has 0 bridgehead atoms. The van der Waals surface area contributed by atoms with Gasteiger partial charge in [0.2, 0.25) is 0 Å². The first-order valence-corrected chi connectivity index (χ1v) is 10.2. The summed E-state index contributed by atoms with van der Waals surface area (Å²) in [6.07, 6.45) is 1.13. The number of amides is 1. The normalized spacial score (nSPS) is 11.0. The molecule has 0 atom stereocenters. The molecule has 0 saturated heterocycles. The lowest BCUT2D eigenvalue weighted by molar-refractivity contribution is 0.102. The summed E-state index contributed by atoms with van der Waals surface area (Å²) in [7, 11) is -3.28. The minimum absolute atomic E-state index is 0.178. The highest BCUT2D eigenvalue weighted by Crippen LogP contribution is 2.24. The van der Waals surface area contributed by atoms with E-state index < -0.39 is 9.84 Å². The minimum atomic E-state index is -3.28. The number of ether oxygens (including phenoxy) is 1. The van der Waals surface area contributed by atoms with Crippen molar-refractivity contribution in [1.82, 2.24) is 0 Å². The third kappa shape index (κ3) is 4.95. The van der Waals surface area contributed by atoms with Crippen molar-refractivity contribution in [2.45, 2.75) is 11.8 Å². The fourth-order valence-electron chi connectivity index (χ4n) is 2.48. The topological polar surface area (TPSA) is 72.5 Å². The second-order valence-corrected chi connectivity index (χ2v) is 8.21. The van der Waals surface area contributed by atoms with Gasteiger partial charge >= 0.3 is 0 Å². The van der Waals surface area contributed by atoms with E-state index in [9.17, 15) is 13.2 Å². The van der Waals surface area contributed by atoms with Crippen LogP contribution in [-0.2, 0) is 9.84 Å². The number of sulfone groups is 1. The summed E-state index contributed by atoms with van der Waals surface area (Å²) in [5, 5.41) is 2.77. The highest BCUT2D eigenvalue weighted by atomic mass is 32.2. The fourth-order valence-corrected chi connectivity index (χ4v) is 3.11. The molecule has 27 heavy (non-hydrogen) atoms. The Morgan fingerprint density at radius 3 is 2.15 bits per heavy atom. The zero-order chi connectivity index (χ0) is 19.4. The first-order chi connectivity index (χ1) is 12.8. The van der Waals surface area contributed by atoms with Crippen molar-refractivity contribution in [2.24, 2.45) is 0 Å². The van der Waals surface area contributed by atoms with E-state index in [-0.39, 0.29) is 10.8 Å². The molecule has 0 spiro atoms. The number of nitrogens with one attached hydrogen (secondary N) is 1. The van der Waals surface area contributed by atoms with Crippen molar-refractivity contribution in [2.75, 3.05) is 11.6 Å². The third-order valence-corrected chi connectivity index (χ3v) is 5.01. The van der Waals surface area contributed by atoms with Gasteiger partial charge in [0, 0.05) is 17.5 Å². The molecule has 3 aromatic carbocycles. The number of hydrogen-bond acceptors (Lipinski definition) is 4. The summed E-state index contributed by atoms with van der Waals surface area (Å²) < 4.78 is 28.7. The quantitative estimate of drug-likeness (QED) is 0.709. The van der Waals surface area contributed by atoms with Gasteiger partial charge in [0.25, 0.3) is 5.91 Å². The fraction of sp³-hybridized carbons (Fsp3) is 0.0952. The standard InChI is InChI=1S/C21H19NO4S/c1-15-4-3-5-19(14-15)26-18-10-8-17(9-11-18)22-21(23)16-6-12-20(13-7-16)27(2,24)25/h3-14H,1-2H3,(H,22,23). The van der Waals surface area contributed by atoms with Crippen LogP contribution in [0.15, 0.2) is 77.7 Å². The van der Waals surface area contributed by atoms with E-state index in [0.29, 0.717) is 17.0 Å². The van der Waals surface area contributed by atoms with E-state index in [2.05, 4.69) is 5.32 Å². The van der Waals surface area contributed by atoms with Gasteiger partial charge in [-0.05, 0) is 73.2 Å². The number of carbonyl (C=O) groups excluding carboxylic acids is 1. The Bertz CT molecular complexity index is 1060. The van der Waals surface area contributed by atoms with Crippen LogP contribution in [-0.4, -0.2) is 20.6 Å². The molecular formula is C21H19NO4S. The number of benzene rings is 3.